The number of carbonyl (C=O) groups excluding carboxylic acids is 2. The van der Waals surface area contributed by atoms with E-state index >= 15 is 0 Å². The predicted molar refractivity (Wildman–Crippen MR) is 184 cm³/mol. The van der Waals surface area contributed by atoms with Crippen LogP contribution in [-0.2, 0) is 20.9 Å². The zero-order valence-corrected chi connectivity index (χ0v) is 29.3. The van der Waals surface area contributed by atoms with E-state index < -0.39 is 18.0 Å². The van der Waals surface area contributed by atoms with Gasteiger partial charge in [0.2, 0.25) is 0 Å². The Morgan fingerprint density at radius 3 is 2.30 bits per heavy atom. The maximum atomic E-state index is 14.2. The summed E-state index contributed by atoms with van der Waals surface area (Å²) in [5.74, 6) is 0.224. The lowest BCUT2D eigenvalue weighted by molar-refractivity contribution is -0.139. The number of fused-ring (bicyclic) bond motifs is 1. The number of aromatic nitrogens is 1. The highest BCUT2D eigenvalue weighted by Gasteiger charge is 2.33. The van der Waals surface area contributed by atoms with Gasteiger partial charge in [-0.15, -0.1) is 0 Å². The van der Waals surface area contributed by atoms with E-state index in [1.165, 1.54) is 15.9 Å². The van der Waals surface area contributed by atoms with Crippen LogP contribution in [0.5, 0.6) is 11.5 Å². The highest BCUT2D eigenvalue weighted by Crippen LogP contribution is 2.35. The Bertz CT molecular complexity index is 2020. The minimum Gasteiger partial charge on any atom is -0.494 e. The maximum Gasteiger partial charge on any atom is 0.338 e. The molecular weight excluding hydrogens is 708 g/mol. The van der Waals surface area contributed by atoms with Gasteiger partial charge in [-0.05, 0) is 97.2 Å². The van der Waals surface area contributed by atoms with E-state index in [4.69, 9.17) is 30.5 Å². The molecule has 9 nitrogen and oxygen atoms in total. The zero-order chi connectivity index (χ0) is 33.7. The van der Waals surface area contributed by atoms with Gasteiger partial charge in [0.1, 0.15) is 18.1 Å². The second-order valence-electron chi connectivity index (χ2n) is 10.3. The largest absolute Gasteiger partial charge is 0.494 e. The Morgan fingerprint density at radius 2 is 1.64 bits per heavy atom. The molecule has 0 bridgehead atoms. The molecule has 0 amide bonds. The molecule has 1 aliphatic rings. The van der Waals surface area contributed by atoms with E-state index in [1.807, 2.05) is 31.2 Å². The summed E-state index contributed by atoms with van der Waals surface area (Å²) < 4.78 is 24.8. The number of hydrogen-bond acceptors (Lipinski definition) is 9. The summed E-state index contributed by atoms with van der Waals surface area (Å²) >= 11 is 11.2. The minimum absolute atomic E-state index is 0.179. The van der Waals surface area contributed by atoms with Crippen molar-refractivity contribution < 1.29 is 28.5 Å². The molecule has 0 saturated carbocycles. The van der Waals surface area contributed by atoms with Gasteiger partial charge in [0.15, 0.2) is 4.80 Å². The van der Waals surface area contributed by atoms with Gasteiger partial charge in [-0.2, -0.15) is 0 Å². The van der Waals surface area contributed by atoms with E-state index in [9.17, 15) is 14.4 Å². The number of allylic oxidation sites excluding steroid dienone is 1. The summed E-state index contributed by atoms with van der Waals surface area (Å²) in [6.45, 7) is 8.30. The van der Waals surface area contributed by atoms with E-state index in [0.717, 1.165) is 5.56 Å². The van der Waals surface area contributed by atoms with E-state index in [1.54, 1.807) is 63.2 Å². The average Bonchev–Trinajstić information content (AvgIpc) is 3.34. The molecule has 12 heteroatoms. The van der Waals surface area contributed by atoms with Crippen molar-refractivity contribution in [2.45, 2.75) is 40.3 Å². The van der Waals surface area contributed by atoms with Crippen LogP contribution in [0.3, 0.4) is 0 Å². The van der Waals surface area contributed by atoms with Crippen molar-refractivity contribution in [3.63, 3.8) is 0 Å². The lowest BCUT2D eigenvalue weighted by atomic mass is 9.96. The molecule has 1 aromatic heterocycles. The number of carbonyl (C=O) groups is 2. The van der Waals surface area contributed by atoms with Crippen molar-refractivity contribution >= 4 is 56.9 Å². The number of ether oxygens (including phenoxy) is 4. The molecule has 5 rings (SSSR count). The molecule has 0 N–H and O–H groups in total. The van der Waals surface area contributed by atoms with Gasteiger partial charge >= 0.3 is 11.9 Å². The molecule has 0 saturated heterocycles. The van der Waals surface area contributed by atoms with Crippen LogP contribution in [0.2, 0.25) is 5.02 Å². The monoisotopic (exact) mass is 738 g/mol. The van der Waals surface area contributed by atoms with Gasteiger partial charge in [0.05, 0.1) is 51.7 Å². The van der Waals surface area contributed by atoms with Crippen LogP contribution in [0.15, 0.2) is 86.2 Å². The molecule has 4 aromatic rings. The first-order valence-corrected chi connectivity index (χ1v) is 16.9. The molecule has 1 atom stereocenters. The fourth-order valence-corrected chi connectivity index (χ4v) is 7.09. The highest BCUT2D eigenvalue weighted by molar-refractivity contribution is 9.10. The number of hydrogen-bond donors (Lipinski definition) is 0. The van der Waals surface area contributed by atoms with Crippen LogP contribution < -0.4 is 24.4 Å². The molecule has 0 fully saturated rings. The molecular formula is C35H32BrClN2O7S. The topological polar surface area (TPSA) is 105 Å². The lowest BCUT2D eigenvalue weighted by Crippen LogP contribution is -2.39. The lowest BCUT2D eigenvalue weighted by Gasteiger charge is -2.24. The van der Waals surface area contributed by atoms with E-state index in [-0.39, 0.29) is 18.8 Å². The van der Waals surface area contributed by atoms with Gasteiger partial charge < -0.3 is 18.9 Å². The quantitative estimate of drug-likeness (QED) is 0.165. The van der Waals surface area contributed by atoms with Crippen LogP contribution in [0, 0.1) is 0 Å². The zero-order valence-electron chi connectivity index (χ0n) is 26.2. The first kappa shape index (κ1) is 34.2. The molecule has 0 spiro atoms. The number of halogens is 2. The second-order valence-corrected chi connectivity index (χ2v) is 12.6. The summed E-state index contributed by atoms with van der Waals surface area (Å²) in [6, 6.07) is 16.9. The van der Waals surface area contributed by atoms with Crippen LogP contribution in [0.25, 0.3) is 6.08 Å². The van der Waals surface area contributed by atoms with Gasteiger partial charge in [-0.25, -0.2) is 14.6 Å². The van der Waals surface area contributed by atoms with Crippen molar-refractivity contribution in [3.8, 4) is 11.5 Å². The fraction of sp³-hybridized carbons (Fsp3) is 0.257. The van der Waals surface area contributed by atoms with Crippen molar-refractivity contribution in [3.05, 3.63) is 123 Å². The summed E-state index contributed by atoms with van der Waals surface area (Å²) in [4.78, 5) is 44.5. The van der Waals surface area contributed by atoms with Gasteiger partial charge in [-0.1, -0.05) is 47.2 Å². The average molecular weight is 740 g/mol. The number of benzene rings is 3. The SMILES string of the molecule is CCOC(=O)C1=C(C)N=c2s/c(=C\c3cc(Cl)cc(Br)c3OCc3ccc(C(=O)OCC)cc3)c(=O)n2[C@H]1c1ccc(OCC)cc1. The summed E-state index contributed by atoms with van der Waals surface area (Å²) in [5, 5.41) is 0.440. The van der Waals surface area contributed by atoms with Crippen molar-refractivity contribution in [1.29, 1.82) is 0 Å². The number of esters is 2. The Labute approximate surface area is 288 Å². The smallest absolute Gasteiger partial charge is 0.338 e. The molecule has 2 heterocycles. The second kappa shape index (κ2) is 15.1. The standard InChI is InChI=1S/C35H32BrClN2O7S/c1-5-43-26-14-12-22(13-15-26)30-29(34(42)45-7-3)20(4)38-35-39(30)32(40)28(47-35)17-24-16-25(37)18-27(36)31(24)46-19-21-8-10-23(11-9-21)33(41)44-6-2/h8-18,30H,5-7,19H2,1-4H3/b28-17-/t30-/m0/s1. The molecule has 3 aromatic carbocycles. The number of nitrogens with zero attached hydrogens (tertiary/aromatic N) is 2. The van der Waals surface area contributed by atoms with Gasteiger partial charge in [0, 0.05) is 10.6 Å². The Kier molecular flexibility index (Phi) is 11.0. The third-order valence-electron chi connectivity index (χ3n) is 7.20. The Hall–Kier alpha value is -4.19. The van der Waals surface area contributed by atoms with Crippen LogP contribution >= 0.6 is 38.9 Å². The summed E-state index contributed by atoms with van der Waals surface area (Å²) in [6.07, 6.45) is 1.71. The highest BCUT2D eigenvalue weighted by atomic mass is 79.9. The maximum absolute atomic E-state index is 14.2. The number of thiazole rings is 1. The van der Waals surface area contributed by atoms with Crippen LogP contribution in [0.1, 0.15) is 60.8 Å². The fourth-order valence-electron chi connectivity index (χ4n) is 5.11. The number of rotatable bonds is 11. The first-order valence-electron chi connectivity index (χ1n) is 14.9. The first-order chi connectivity index (χ1) is 22.6. The minimum atomic E-state index is -0.762. The molecule has 0 unspecified atom stereocenters. The van der Waals surface area contributed by atoms with Crippen LogP contribution in [0.4, 0.5) is 0 Å². The molecule has 0 aliphatic carbocycles. The molecule has 1 aliphatic heterocycles. The van der Waals surface area contributed by atoms with E-state index in [0.29, 0.717) is 71.5 Å². The van der Waals surface area contributed by atoms with Crippen molar-refractivity contribution in [2.75, 3.05) is 19.8 Å². The third kappa shape index (κ3) is 7.53. The predicted octanol–water partition coefficient (Wildman–Crippen LogP) is 6.37. The van der Waals surface area contributed by atoms with Crippen molar-refractivity contribution in [2.24, 2.45) is 4.99 Å². The van der Waals surface area contributed by atoms with Crippen molar-refractivity contribution in [1.82, 2.24) is 4.57 Å². The molecule has 0 radical (unpaired) electrons. The molecule has 244 valence electrons. The molecule has 47 heavy (non-hydrogen) atoms. The van der Waals surface area contributed by atoms with E-state index in [2.05, 4.69) is 20.9 Å². The Balaban J connectivity index is 1.56. The normalized spacial score (nSPS) is 14.3. The third-order valence-corrected chi connectivity index (χ3v) is 8.99. The van der Waals surface area contributed by atoms with Gasteiger partial charge in [-0.3, -0.25) is 9.36 Å². The summed E-state index contributed by atoms with van der Waals surface area (Å²) in [5.41, 5.74) is 2.97. The Morgan fingerprint density at radius 1 is 0.957 bits per heavy atom. The van der Waals surface area contributed by atoms with Crippen LogP contribution in [-0.4, -0.2) is 36.3 Å². The van der Waals surface area contributed by atoms with Gasteiger partial charge in [0.25, 0.3) is 5.56 Å². The summed E-state index contributed by atoms with van der Waals surface area (Å²) in [7, 11) is 0.